The van der Waals surface area contributed by atoms with Gasteiger partial charge < -0.3 is 10.2 Å². The van der Waals surface area contributed by atoms with Crippen molar-refractivity contribution in [3.63, 3.8) is 0 Å². The first kappa shape index (κ1) is 14.7. The van der Waals surface area contributed by atoms with Gasteiger partial charge in [-0.05, 0) is 13.0 Å². The minimum atomic E-state index is -0.534. The van der Waals surface area contributed by atoms with E-state index < -0.39 is 10.8 Å². The number of rotatable bonds is 2. The molecule has 2 aliphatic rings. The van der Waals surface area contributed by atoms with Crippen molar-refractivity contribution in [1.82, 2.24) is 5.32 Å². The number of nitro groups is 1. The molecule has 0 bridgehead atoms. The second-order valence-corrected chi connectivity index (χ2v) is 6.24. The quantitative estimate of drug-likeness (QED) is 0.383. The van der Waals surface area contributed by atoms with Crippen LogP contribution >= 0.6 is 24.0 Å². The molecule has 1 saturated heterocycles. The highest BCUT2D eigenvalue weighted by Gasteiger charge is 2.39. The number of nitro benzene ring substituents is 1. The molecule has 22 heavy (non-hydrogen) atoms. The predicted molar refractivity (Wildman–Crippen MR) is 86.4 cm³/mol. The Hall–Kier alpha value is -2.26. The van der Waals surface area contributed by atoms with Crippen molar-refractivity contribution < 1.29 is 14.5 Å². The number of thiocarbonyl (C=S) groups is 1. The zero-order valence-electron chi connectivity index (χ0n) is 11.3. The number of hydrogen-bond donors (Lipinski definition) is 1. The number of anilines is 1. The van der Waals surface area contributed by atoms with Gasteiger partial charge in [0.2, 0.25) is 0 Å². The average Bonchev–Trinajstić information content (AvgIpc) is 2.93. The van der Waals surface area contributed by atoms with E-state index in [0.717, 1.165) is 11.8 Å². The molecule has 0 saturated carbocycles. The van der Waals surface area contributed by atoms with E-state index in [1.54, 1.807) is 6.92 Å². The maximum atomic E-state index is 12.6. The monoisotopic (exact) mass is 335 g/mol. The Labute approximate surface area is 134 Å². The summed E-state index contributed by atoms with van der Waals surface area (Å²) < 4.78 is 0.266. The van der Waals surface area contributed by atoms with Crippen LogP contribution in [0.5, 0.6) is 0 Å². The molecule has 7 nitrogen and oxygen atoms in total. The number of thioether (sulfide) groups is 1. The Morgan fingerprint density at radius 3 is 2.68 bits per heavy atom. The first-order chi connectivity index (χ1) is 10.4. The number of nitrogens with one attached hydrogen (secondary N) is 1. The van der Waals surface area contributed by atoms with Crippen LogP contribution < -0.4 is 10.2 Å². The number of carbonyl (C=O) groups excluding carboxylic acids is 2. The number of fused-ring (bicyclic) bond motifs is 1. The maximum Gasteiger partial charge on any atom is 0.270 e. The van der Waals surface area contributed by atoms with Gasteiger partial charge in [0.05, 0.1) is 21.1 Å². The topological polar surface area (TPSA) is 92.6 Å². The second-order valence-electron chi connectivity index (χ2n) is 4.56. The summed E-state index contributed by atoms with van der Waals surface area (Å²) in [5, 5.41) is 13.4. The number of carbonyl (C=O) groups is 2. The van der Waals surface area contributed by atoms with E-state index >= 15 is 0 Å². The van der Waals surface area contributed by atoms with Crippen LogP contribution in [0.3, 0.4) is 0 Å². The third kappa shape index (κ3) is 2.09. The van der Waals surface area contributed by atoms with Crippen LogP contribution in [0.15, 0.2) is 23.1 Å². The lowest BCUT2D eigenvalue weighted by atomic mass is 10.1. The molecule has 2 heterocycles. The lowest BCUT2D eigenvalue weighted by Gasteiger charge is -2.13. The van der Waals surface area contributed by atoms with Crippen molar-refractivity contribution >= 4 is 57.1 Å². The first-order valence-corrected chi connectivity index (χ1v) is 7.54. The normalized spacial score (nSPS) is 20.4. The summed E-state index contributed by atoms with van der Waals surface area (Å²) >= 11 is 5.93. The summed E-state index contributed by atoms with van der Waals surface area (Å²) in [6, 6.07) is 4.19. The number of hydrogen-bond acceptors (Lipinski definition) is 6. The maximum absolute atomic E-state index is 12.6. The fraction of sp³-hybridized carbons (Fsp3) is 0.154. The third-order valence-electron chi connectivity index (χ3n) is 3.37. The molecule has 0 aromatic heterocycles. The Morgan fingerprint density at radius 2 is 2.14 bits per heavy atom. The van der Waals surface area contributed by atoms with Gasteiger partial charge in [-0.3, -0.25) is 19.7 Å². The lowest BCUT2D eigenvalue weighted by molar-refractivity contribution is -0.384. The minimum Gasteiger partial charge on any atom is -0.308 e. The van der Waals surface area contributed by atoms with E-state index in [1.807, 2.05) is 0 Å². The molecule has 2 aliphatic heterocycles. The fourth-order valence-electron chi connectivity index (χ4n) is 2.44. The summed E-state index contributed by atoms with van der Waals surface area (Å²) in [5.74, 6) is -0.797. The largest absolute Gasteiger partial charge is 0.308 e. The molecule has 1 N–H and O–H groups in total. The lowest BCUT2D eigenvalue weighted by Crippen LogP contribution is -2.26. The van der Waals surface area contributed by atoms with E-state index in [-0.39, 0.29) is 26.4 Å². The number of nitrogens with zero attached hydrogens (tertiary/aromatic N) is 2. The van der Waals surface area contributed by atoms with Crippen molar-refractivity contribution in [2.75, 3.05) is 11.4 Å². The third-order valence-corrected chi connectivity index (χ3v) is 4.60. The van der Waals surface area contributed by atoms with Crippen LogP contribution in [-0.4, -0.2) is 27.6 Å². The molecule has 1 aromatic carbocycles. The minimum absolute atomic E-state index is 0.131. The molecule has 1 aromatic rings. The van der Waals surface area contributed by atoms with E-state index in [1.165, 1.54) is 23.1 Å². The van der Waals surface area contributed by atoms with E-state index in [2.05, 4.69) is 5.32 Å². The molecule has 0 spiro atoms. The van der Waals surface area contributed by atoms with Gasteiger partial charge in [-0.2, -0.15) is 0 Å². The summed E-state index contributed by atoms with van der Waals surface area (Å²) in [6.45, 7) is 2.19. The highest BCUT2D eigenvalue weighted by atomic mass is 32.2. The van der Waals surface area contributed by atoms with Crippen molar-refractivity contribution in [3.05, 3.63) is 38.8 Å². The fourth-order valence-corrected chi connectivity index (χ4v) is 3.56. The zero-order chi connectivity index (χ0) is 16.0. The smallest absolute Gasteiger partial charge is 0.270 e. The summed E-state index contributed by atoms with van der Waals surface area (Å²) in [4.78, 5) is 36.6. The molecule has 1 fully saturated rings. The highest BCUT2D eigenvalue weighted by molar-refractivity contribution is 8.27. The molecule has 0 aliphatic carbocycles. The Kier molecular flexibility index (Phi) is 3.45. The van der Waals surface area contributed by atoms with Gasteiger partial charge >= 0.3 is 0 Å². The molecule has 3 rings (SSSR count). The van der Waals surface area contributed by atoms with Gasteiger partial charge in [-0.15, -0.1) is 0 Å². The Bertz CT molecular complexity index is 787. The first-order valence-electron chi connectivity index (χ1n) is 6.32. The summed E-state index contributed by atoms with van der Waals surface area (Å²) in [5.41, 5.74) is 0.992. The predicted octanol–water partition coefficient (Wildman–Crippen LogP) is 1.82. The molecule has 0 atom stereocenters. The number of benzene rings is 1. The summed E-state index contributed by atoms with van der Waals surface area (Å²) in [7, 11) is 0. The highest BCUT2D eigenvalue weighted by Crippen LogP contribution is 2.43. The van der Waals surface area contributed by atoms with Gasteiger partial charge in [-0.1, -0.05) is 24.0 Å². The second kappa shape index (κ2) is 5.18. The van der Waals surface area contributed by atoms with Crippen molar-refractivity contribution in [3.8, 4) is 0 Å². The molecular formula is C13H9N3O4S2. The van der Waals surface area contributed by atoms with Gasteiger partial charge in [0, 0.05) is 24.2 Å². The Morgan fingerprint density at radius 1 is 1.41 bits per heavy atom. The average molecular weight is 335 g/mol. The summed E-state index contributed by atoms with van der Waals surface area (Å²) in [6.07, 6.45) is 0. The number of amides is 2. The van der Waals surface area contributed by atoms with Gasteiger partial charge in [0.15, 0.2) is 0 Å². The van der Waals surface area contributed by atoms with E-state index in [0.29, 0.717) is 17.8 Å². The molecule has 9 heteroatoms. The van der Waals surface area contributed by atoms with Crippen LogP contribution in [-0.2, 0) is 9.59 Å². The SMILES string of the molecule is CCN1C(=O)/C(=C2\SC(=S)NC2=O)c2cc([N+](=O)[O-])ccc21. The molecule has 0 radical (unpaired) electrons. The standard InChI is InChI=1S/C13H9N3O4S2/c1-2-15-8-4-3-6(16(19)20)5-7(8)9(12(15)18)10-11(17)14-13(21)22-10/h3-5H,2H2,1H3,(H,14,17,21)/b10-9-. The van der Waals surface area contributed by atoms with Crippen LogP contribution in [0, 0.1) is 10.1 Å². The van der Waals surface area contributed by atoms with Crippen LogP contribution in [0.25, 0.3) is 5.57 Å². The van der Waals surface area contributed by atoms with Gasteiger partial charge in [0.1, 0.15) is 4.32 Å². The van der Waals surface area contributed by atoms with Crippen molar-refractivity contribution in [1.29, 1.82) is 0 Å². The van der Waals surface area contributed by atoms with E-state index in [4.69, 9.17) is 12.2 Å². The zero-order valence-corrected chi connectivity index (χ0v) is 12.9. The number of non-ortho nitro benzene ring substituents is 1. The van der Waals surface area contributed by atoms with Crippen molar-refractivity contribution in [2.24, 2.45) is 0 Å². The molecule has 112 valence electrons. The van der Waals surface area contributed by atoms with Crippen molar-refractivity contribution in [2.45, 2.75) is 6.92 Å². The van der Waals surface area contributed by atoms with E-state index in [9.17, 15) is 19.7 Å². The Balaban J connectivity index is 2.26. The molecule has 2 amide bonds. The molecule has 0 unspecified atom stereocenters. The van der Waals surface area contributed by atoms with Gasteiger partial charge in [-0.25, -0.2) is 0 Å². The number of likely N-dealkylation sites (N-methyl/N-ethyl adjacent to an activating group) is 1. The van der Waals surface area contributed by atoms with Crippen LogP contribution in [0.2, 0.25) is 0 Å². The molecular weight excluding hydrogens is 326 g/mol. The van der Waals surface area contributed by atoms with Crippen LogP contribution in [0.1, 0.15) is 12.5 Å². The van der Waals surface area contributed by atoms with Crippen LogP contribution in [0.4, 0.5) is 11.4 Å². The van der Waals surface area contributed by atoms with Gasteiger partial charge in [0.25, 0.3) is 17.5 Å².